The molecule has 0 aliphatic carbocycles. The first-order valence-corrected chi connectivity index (χ1v) is 8.43. The molecule has 3 heterocycles. The summed E-state index contributed by atoms with van der Waals surface area (Å²) in [6.07, 6.45) is 0. The Morgan fingerprint density at radius 3 is 2.96 bits per heavy atom. The molecule has 4 rings (SSSR count). The zero-order valence-electron chi connectivity index (χ0n) is 13.0. The molecule has 0 N–H and O–H groups in total. The Morgan fingerprint density at radius 1 is 1.33 bits per heavy atom. The number of benzene rings is 1. The van der Waals surface area contributed by atoms with Gasteiger partial charge >= 0.3 is 0 Å². The molecular formula is C17H15N3O3S. The Balaban J connectivity index is 1.42. The lowest BCUT2D eigenvalue weighted by Gasteiger charge is -2.37. The number of thiophene rings is 1. The maximum atomic E-state index is 12.5. The molecule has 6 nitrogen and oxygen atoms in total. The van der Waals surface area contributed by atoms with Crippen LogP contribution in [0.4, 0.5) is 0 Å². The van der Waals surface area contributed by atoms with E-state index in [4.69, 9.17) is 9.26 Å². The first kappa shape index (κ1) is 14.9. The Bertz CT molecular complexity index is 854. The van der Waals surface area contributed by atoms with Crippen LogP contribution in [-0.2, 0) is 0 Å². The van der Waals surface area contributed by atoms with Crippen LogP contribution >= 0.6 is 11.3 Å². The second kappa shape index (κ2) is 6.09. The van der Waals surface area contributed by atoms with Crippen molar-refractivity contribution >= 4 is 17.2 Å². The fourth-order valence-electron chi connectivity index (χ4n) is 2.65. The predicted octanol–water partition coefficient (Wildman–Crippen LogP) is 3.05. The van der Waals surface area contributed by atoms with E-state index in [2.05, 4.69) is 10.1 Å². The summed E-state index contributed by atoms with van der Waals surface area (Å²) < 4.78 is 10.5. The summed E-state index contributed by atoms with van der Waals surface area (Å²) in [5.41, 5.74) is 0.623. The van der Waals surface area contributed by atoms with E-state index in [1.807, 2.05) is 29.6 Å². The lowest BCUT2D eigenvalue weighted by atomic mass is 9.98. The van der Waals surface area contributed by atoms with Crippen molar-refractivity contribution in [3.63, 3.8) is 0 Å². The van der Waals surface area contributed by atoms with E-state index < -0.39 is 0 Å². The van der Waals surface area contributed by atoms with Gasteiger partial charge in [-0.05, 0) is 29.6 Å². The van der Waals surface area contributed by atoms with Crippen molar-refractivity contribution in [3.05, 3.63) is 53.2 Å². The number of carbonyl (C=O) groups is 1. The number of likely N-dealkylation sites (tertiary alicyclic amines) is 1. The Morgan fingerprint density at radius 2 is 2.21 bits per heavy atom. The van der Waals surface area contributed by atoms with Gasteiger partial charge in [-0.15, -0.1) is 11.3 Å². The van der Waals surface area contributed by atoms with Crippen LogP contribution in [0.3, 0.4) is 0 Å². The van der Waals surface area contributed by atoms with Crippen molar-refractivity contribution in [2.75, 3.05) is 20.2 Å². The Labute approximate surface area is 142 Å². The minimum atomic E-state index is -0.0110. The minimum Gasteiger partial charge on any atom is -0.497 e. The Kier molecular flexibility index (Phi) is 3.78. The highest BCUT2D eigenvalue weighted by atomic mass is 32.1. The summed E-state index contributed by atoms with van der Waals surface area (Å²) in [6, 6.07) is 11.1. The highest BCUT2D eigenvalue weighted by Gasteiger charge is 2.36. The second-order valence-corrected chi connectivity index (χ2v) is 6.52. The zero-order valence-corrected chi connectivity index (χ0v) is 13.8. The van der Waals surface area contributed by atoms with Crippen LogP contribution in [0, 0.1) is 0 Å². The molecule has 3 aromatic rings. The minimum absolute atomic E-state index is 0.0110. The second-order valence-electron chi connectivity index (χ2n) is 5.57. The topological polar surface area (TPSA) is 68.5 Å². The van der Waals surface area contributed by atoms with Crippen molar-refractivity contribution in [1.29, 1.82) is 0 Å². The van der Waals surface area contributed by atoms with Gasteiger partial charge in [-0.25, -0.2) is 0 Å². The summed E-state index contributed by atoms with van der Waals surface area (Å²) in [7, 11) is 1.59. The van der Waals surface area contributed by atoms with Gasteiger partial charge in [0.2, 0.25) is 11.7 Å². The van der Waals surface area contributed by atoms with Gasteiger partial charge in [-0.3, -0.25) is 4.79 Å². The number of carbonyl (C=O) groups excluding carboxylic acids is 1. The van der Waals surface area contributed by atoms with E-state index >= 15 is 0 Å². The molecule has 7 heteroatoms. The number of nitrogens with zero attached hydrogens (tertiary/aromatic N) is 3. The molecule has 1 aliphatic rings. The molecule has 1 aliphatic heterocycles. The van der Waals surface area contributed by atoms with Crippen molar-refractivity contribution < 1.29 is 14.1 Å². The van der Waals surface area contributed by atoms with Crippen LogP contribution in [0.1, 0.15) is 22.2 Å². The number of hydrogen-bond acceptors (Lipinski definition) is 6. The number of rotatable bonds is 4. The average Bonchev–Trinajstić information content (AvgIpc) is 3.24. The smallest absolute Gasteiger partial charge is 0.254 e. The number of amides is 1. The highest BCUT2D eigenvalue weighted by Crippen LogP contribution is 2.30. The number of methoxy groups -OCH3 is 1. The molecule has 0 spiro atoms. The normalized spacial score (nSPS) is 14.5. The maximum absolute atomic E-state index is 12.5. The molecule has 1 saturated heterocycles. The van der Waals surface area contributed by atoms with Gasteiger partial charge in [-0.2, -0.15) is 4.98 Å². The molecule has 122 valence electrons. The van der Waals surface area contributed by atoms with Crippen molar-refractivity contribution in [3.8, 4) is 16.5 Å². The summed E-state index contributed by atoms with van der Waals surface area (Å²) in [5.74, 6) is 1.96. The number of ether oxygens (including phenoxy) is 1. The average molecular weight is 341 g/mol. The summed E-state index contributed by atoms with van der Waals surface area (Å²) in [6.45, 7) is 1.17. The van der Waals surface area contributed by atoms with E-state index in [0.717, 1.165) is 4.88 Å². The SMILES string of the molecule is COc1cccc(C(=O)N2CC(c3nc(-c4cccs4)no3)C2)c1. The third kappa shape index (κ3) is 2.67. The van der Waals surface area contributed by atoms with Crippen molar-refractivity contribution in [1.82, 2.24) is 15.0 Å². The lowest BCUT2D eigenvalue weighted by molar-refractivity contribution is 0.0569. The molecule has 1 aromatic carbocycles. The molecule has 1 fully saturated rings. The summed E-state index contributed by atoms with van der Waals surface area (Å²) in [5, 5.41) is 5.99. The quantitative estimate of drug-likeness (QED) is 0.729. The van der Waals surface area contributed by atoms with Crippen LogP contribution in [0.15, 0.2) is 46.3 Å². The van der Waals surface area contributed by atoms with Crippen LogP contribution in [0.25, 0.3) is 10.7 Å². The predicted molar refractivity (Wildman–Crippen MR) is 89.2 cm³/mol. The van der Waals surface area contributed by atoms with Crippen LogP contribution in [0.2, 0.25) is 0 Å². The zero-order chi connectivity index (χ0) is 16.5. The molecule has 0 unspecified atom stereocenters. The molecule has 0 saturated carbocycles. The van der Waals surface area contributed by atoms with E-state index in [1.165, 1.54) is 0 Å². The first-order valence-electron chi connectivity index (χ1n) is 7.55. The maximum Gasteiger partial charge on any atom is 0.254 e. The van der Waals surface area contributed by atoms with Gasteiger partial charge in [0, 0.05) is 18.7 Å². The van der Waals surface area contributed by atoms with E-state index in [9.17, 15) is 4.79 Å². The van der Waals surface area contributed by atoms with Gasteiger partial charge in [-0.1, -0.05) is 17.3 Å². The van der Waals surface area contributed by atoms with Crippen molar-refractivity contribution in [2.24, 2.45) is 0 Å². The summed E-state index contributed by atoms with van der Waals surface area (Å²) >= 11 is 1.57. The lowest BCUT2D eigenvalue weighted by Crippen LogP contribution is -2.48. The van der Waals surface area contributed by atoms with Crippen LogP contribution in [0.5, 0.6) is 5.75 Å². The number of aromatic nitrogens is 2. The summed E-state index contributed by atoms with van der Waals surface area (Å²) in [4.78, 5) is 19.7. The third-order valence-electron chi connectivity index (χ3n) is 4.02. The van der Waals surface area contributed by atoms with E-state index in [0.29, 0.717) is 36.1 Å². The molecular weight excluding hydrogens is 326 g/mol. The third-order valence-corrected chi connectivity index (χ3v) is 4.88. The number of hydrogen-bond donors (Lipinski definition) is 0. The van der Waals surface area contributed by atoms with Gasteiger partial charge in [0.05, 0.1) is 17.9 Å². The fraction of sp³-hybridized carbons (Fsp3) is 0.235. The van der Waals surface area contributed by atoms with Gasteiger partial charge in [0.1, 0.15) is 5.75 Å². The van der Waals surface area contributed by atoms with E-state index in [1.54, 1.807) is 35.5 Å². The standard InChI is InChI=1S/C17H15N3O3S/c1-22-13-5-2-4-11(8-13)17(21)20-9-12(10-20)16-18-15(19-23-16)14-6-3-7-24-14/h2-8,12H,9-10H2,1H3. The molecule has 0 bridgehead atoms. The molecule has 24 heavy (non-hydrogen) atoms. The molecule has 2 aromatic heterocycles. The van der Waals surface area contributed by atoms with Crippen molar-refractivity contribution in [2.45, 2.75) is 5.92 Å². The molecule has 0 radical (unpaired) electrons. The van der Waals surface area contributed by atoms with Crippen LogP contribution in [-0.4, -0.2) is 41.1 Å². The molecule has 1 amide bonds. The first-order chi connectivity index (χ1) is 11.7. The Hall–Kier alpha value is -2.67. The van der Waals surface area contributed by atoms with Gasteiger partial charge < -0.3 is 14.2 Å². The van der Waals surface area contributed by atoms with Gasteiger partial charge in [0.15, 0.2) is 0 Å². The highest BCUT2D eigenvalue weighted by molar-refractivity contribution is 7.13. The van der Waals surface area contributed by atoms with Crippen LogP contribution < -0.4 is 4.74 Å². The fourth-order valence-corrected chi connectivity index (χ4v) is 3.30. The monoisotopic (exact) mass is 341 g/mol. The molecule has 0 atom stereocenters. The van der Waals surface area contributed by atoms with Gasteiger partial charge in [0.25, 0.3) is 5.91 Å². The largest absolute Gasteiger partial charge is 0.497 e. The van der Waals surface area contributed by atoms with E-state index in [-0.39, 0.29) is 11.8 Å².